The summed E-state index contributed by atoms with van der Waals surface area (Å²) in [5.74, 6) is 1.02. The summed E-state index contributed by atoms with van der Waals surface area (Å²) in [6.45, 7) is 4.56. The fourth-order valence-corrected chi connectivity index (χ4v) is 4.10. The summed E-state index contributed by atoms with van der Waals surface area (Å²) in [7, 11) is 1.79. The van der Waals surface area contributed by atoms with E-state index < -0.39 is 0 Å². The van der Waals surface area contributed by atoms with E-state index in [1.165, 1.54) is 107 Å². The van der Waals surface area contributed by atoms with Gasteiger partial charge in [0.25, 0.3) is 0 Å². The molecule has 3 heteroatoms. The molecule has 0 N–H and O–H groups in total. The highest BCUT2D eigenvalue weighted by atomic mass is 31.1. The molecule has 0 saturated carbocycles. The third kappa shape index (κ3) is 12.8. The minimum absolute atomic E-state index is 0.0910. The molecule has 162 valence electrons. The molecule has 0 fully saturated rings. The van der Waals surface area contributed by atoms with Crippen molar-refractivity contribution in [3.8, 4) is 5.75 Å². The normalized spacial score (nSPS) is 11.5. The Labute approximate surface area is 177 Å². The van der Waals surface area contributed by atoms with Gasteiger partial charge in [-0.25, -0.2) is 0 Å². The number of hydrogen-bond donors (Lipinski definition) is 0. The smallest absolute Gasteiger partial charge is 0.215 e. The monoisotopic (exact) mass is 408 g/mol. The molecule has 0 radical (unpaired) electrons. The average Bonchev–Trinajstić information content (AvgIpc) is 2.71. The van der Waals surface area contributed by atoms with Gasteiger partial charge in [0.05, 0.1) is 0 Å². The van der Waals surface area contributed by atoms with Gasteiger partial charge < -0.3 is 9.05 Å². The maximum atomic E-state index is 5.84. The molecule has 2 nitrogen and oxygen atoms in total. The first kappa shape index (κ1) is 25.4. The molecule has 0 amide bonds. The van der Waals surface area contributed by atoms with E-state index in [4.69, 9.17) is 9.05 Å². The van der Waals surface area contributed by atoms with Crippen LogP contribution in [-0.2, 0) is 17.4 Å². The van der Waals surface area contributed by atoms with Crippen molar-refractivity contribution in [3.63, 3.8) is 0 Å². The van der Waals surface area contributed by atoms with Gasteiger partial charge in [0.2, 0.25) is 9.03 Å². The number of rotatable bonds is 19. The first-order valence-electron chi connectivity index (χ1n) is 11.9. The zero-order chi connectivity index (χ0) is 20.3. The van der Waals surface area contributed by atoms with Crippen molar-refractivity contribution >= 4 is 9.03 Å². The predicted octanol–water partition coefficient (Wildman–Crippen LogP) is 8.81. The van der Waals surface area contributed by atoms with Crippen LogP contribution in [0.3, 0.4) is 0 Å². The summed E-state index contributed by atoms with van der Waals surface area (Å²) in [5.41, 5.74) is 2.85. The van der Waals surface area contributed by atoms with Crippen LogP contribution >= 0.6 is 9.03 Å². The van der Waals surface area contributed by atoms with Gasteiger partial charge >= 0.3 is 0 Å². The van der Waals surface area contributed by atoms with E-state index in [1.54, 1.807) is 7.11 Å². The summed E-state index contributed by atoms with van der Waals surface area (Å²) < 4.78 is 11.0. The first-order valence-corrected chi connectivity index (χ1v) is 12.7. The zero-order valence-electron chi connectivity index (χ0n) is 18.9. The maximum absolute atomic E-state index is 5.84. The number of unbranched alkanes of at least 4 members (excludes halogenated alkanes) is 12. The van der Waals surface area contributed by atoms with Gasteiger partial charge in [0.1, 0.15) is 5.75 Å². The molecule has 0 saturated heterocycles. The van der Waals surface area contributed by atoms with Crippen molar-refractivity contribution < 1.29 is 9.05 Å². The van der Waals surface area contributed by atoms with E-state index in [9.17, 15) is 0 Å². The minimum Gasteiger partial charge on any atom is -0.449 e. The highest BCUT2D eigenvalue weighted by molar-refractivity contribution is 7.26. The third-order valence-electron chi connectivity index (χ3n) is 5.48. The molecular formula is C25H45O2P. The number of aryl methyl sites for hydroxylation is 2. The van der Waals surface area contributed by atoms with E-state index in [2.05, 4.69) is 32.0 Å². The molecule has 0 aliphatic rings. The van der Waals surface area contributed by atoms with Crippen LogP contribution in [0.15, 0.2) is 18.2 Å². The lowest BCUT2D eigenvalue weighted by molar-refractivity contribution is 0.415. The number of hydrogen-bond acceptors (Lipinski definition) is 2. The molecule has 0 aromatic heterocycles. The van der Waals surface area contributed by atoms with E-state index in [0.717, 1.165) is 12.2 Å². The SMILES string of the molecule is CCCCCCCCCc1ccc(OPOC)c(CCCCCCCCC)c1. The van der Waals surface area contributed by atoms with Gasteiger partial charge in [-0.3, -0.25) is 0 Å². The van der Waals surface area contributed by atoms with E-state index in [1.807, 2.05) is 0 Å². The Balaban J connectivity index is 2.39. The molecule has 0 aliphatic carbocycles. The molecule has 1 atom stereocenters. The van der Waals surface area contributed by atoms with Crippen LogP contribution < -0.4 is 4.52 Å². The molecule has 0 aliphatic heterocycles. The lowest BCUT2D eigenvalue weighted by atomic mass is 9.99. The Kier molecular flexibility index (Phi) is 16.8. The van der Waals surface area contributed by atoms with Gasteiger partial charge in [0, 0.05) is 7.11 Å². The van der Waals surface area contributed by atoms with Gasteiger partial charge in [-0.2, -0.15) is 0 Å². The van der Waals surface area contributed by atoms with Crippen LogP contribution in [0.1, 0.15) is 115 Å². The van der Waals surface area contributed by atoms with Gasteiger partial charge in [-0.15, -0.1) is 0 Å². The van der Waals surface area contributed by atoms with Crippen LogP contribution in [0.5, 0.6) is 5.75 Å². The van der Waals surface area contributed by atoms with Crippen molar-refractivity contribution in [2.75, 3.05) is 7.11 Å². The fraction of sp³-hybridized carbons (Fsp3) is 0.760. The molecule has 1 aromatic rings. The van der Waals surface area contributed by atoms with Crippen LogP contribution in [0.2, 0.25) is 0 Å². The summed E-state index contributed by atoms with van der Waals surface area (Å²) in [6, 6.07) is 6.81. The molecule has 1 unspecified atom stereocenters. The number of benzene rings is 1. The lowest BCUT2D eigenvalue weighted by Gasteiger charge is -2.12. The predicted molar refractivity (Wildman–Crippen MR) is 126 cm³/mol. The summed E-state index contributed by atoms with van der Waals surface area (Å²) in [6.07, 6.45) is 21.4. The standard InChI is InChI=1S/C25H45O2P/c1-4-6-8-10-12-14-16-18-23-20-21-25(27-28-26-3)24(22-23)19-17-15-13-11-9-7-5-2/h20-22,28H,4-19H2,1-3H3. The van der Waals surface area contributed by atoms with E-state index >= 15 is 0 Å². The van der Waals surface area contributed by atoms with E-state index in [-0.39, 0.29) is 9.03 Å². The molecule has 0 spiro atoms. The summed E-state index contributed by atoms with van der Waals surface area (Å²) in [4.78, 5) is 0. The minimum atomic E-state index is 0.0910. The molecule has 28 heavy (non-hydrogen) atoms. The first-order chi connectivity index (χ1) is 13.8. The molecule has 0 heterocycles. The molecule has 0 bridgehead atoms. The van der Waals surface area contributed by atoms with E-state index in [0.29, 0.717) is 0 Å². The Morgan fingerprint density at radius 1 is 0.679 bits per heavy atom. The highest BCUT2D eigenvalue weighted by Crippen LogP contribution is 2.28. The largest absolute Gasteiger partial charge is 0.449 e. The summed E-state index contributed by atoms with van der Waals surface area (Å²) in [5, 5.41) is 0. The highest BCUT2D eigenvalue weighted by Gasteiger charge is 2.06. The van der Waals surface area contributed by atoms with Crippen molar-refractivity contribution in [3.05, 3.63) is 29.3 Å². The van der Waals surface area contributed by atoms with Crippen LogP contribution in [0.4, 0.5) is 0 Å². The summed E-state index contributed by atoms with van der Waals surface area (Å²) >= 11 is 0. The van der Waals surface area contributed by atoms with Crippen LogP contribution in [0, 0.1) is 0 Å². The maximum Gasteiger partial charge on any atom is 0.215 e. The van der Waals surface area contributed by atoms with Crippen molar-refractivity contribution in [1.29, 1.82) is 0 Å². The second-order valence-corrected chi connectivity index (χ2v) is 8.85. The quantitative estimate of drug-likeness (QED) is 0.168. The van der Waals surface area contributed by atoms with Gasteiger partial charge in [0.15, 0.2) is 0 Å². The Morgan fingerprint density at radius 3 is 1.79 bits per heavy atom. The Morgan fingerprint density at radius 2 is 1.21 bits per heavy atom. The van der Waals surface area contributed by atoms with Crippen molar-refractivity contribution in [1.82, 2.24) is 0 Å². The molecule has 1 aromatic carbocycles. The van der Waals surface area contributed by atoms with Gasteiger partial charge in [-0.05, 0) is 42.9 Å². The van der Waals surface area contributed by atoms with Crippen molar-refractivity contribution in [2.24, 2.45) is 0 Å². The topological polar surface area (TPSA) is 18.5 Å². The lowest BCUT2D eigenvalue weighted by Crippen LogP contribution is -1.95. The zero-order valence-corrected chi connectivity index (χ0v) is 19.9. The van der Waals surface area contributed by atoms with Crippen LogP contribution in [0.25, 0.3) is 0 Å². The van der Waals surface area contributed by atoms with Gasteiger partial charge in [-0.1, -0.05) is 103 Å². The Bertz CT molecular complexity index is 476. The third-order valence-corrected chi connectivity index (χ3v) is 5.95. The second-order valence-electron chi connectivity index (χ2n) is 8.07. The van der Waals surface area contributed by atoms with Crippen molar-refractivity contribution in [2.45, 2.75) is 117 Å². The fourth-order valence-electron chi connectivity index (χ4n) is 3.73. The Hall–Kier alpha value is -0.590. The molecular weight excluding hydrogens is 363 g/mol. The van der Waals surface area contributed by atoms with Crippen LogP contribution in [-0.4, -0.2) is 7.11 Å². The second kappa shape index (κ2) is 18.4. The molecule has 1 rings (SSSR count). The average molecular weight is 409 g/mol.